The van der Waals surface area contributed by atoms with Gasteiger partial charge in [0, 0.05) is 38.3 Å². The summed E-state index contributed by atoms with van der Waals surface area (Å²) in [5.41, 5.74) is -0.451. The van der Waals surface area contributed by atoms with Gasteiger partial charge in [-0.2, -0.15) is 5.26 Å². The van der Waals surface area contributed by atoms with E-state index in [-0.39, 0.29) is 12.1 Å². The average molecular weight is 265 g/mol. The Labute approximate surface area is 115 Å². The quantitative estimate of drug-likeness (QED) is 0.717. The SMILES string of the molecule is C[C@@H]1CN(C(=O)OC(C)(C)C)CCN1C/C=C\C#N. The van der Waals surface area contributed by atoms with E-state index in [9.17, 15) is 4.79 Å². The third-order valence-electron chi connectivity index (χ3n) is 2.95. The second-order valence-corrected chi connectivity index (χ2v) is 5.80. The van der Waals surface area contributed by atoms with Gasteiger partial charge in [0.05, 0.1) is 6.07 Å². The van der Waals surface area contributed by atoms with Crippen molar-refractivity contribution in [1.29, 1.82) is 5.26 Å². The minimum Gasteiger partial charge on any atom is -0.444 e. The molecule has 1 atom stereocenters. The molecule has 19 heavy (non-hydrogen) atoms. The maximum atomic E-state index is 12.0. The minimum absolute atomic E-state index is 0.244. The van der Waals surface area contributed by atoms with Crippen molar-refractivity contribution in [2.75, 3.05) is 26.2 Å². The molecule has 1 fully saturated rings. The van der Waals surface area contributed by atoms with Gasteiger partial charge in [0.25, 0.3) is 0 Å². The molecular weight excluding hydrogens is 242 g/mol. The van der Waals surface area contributed by atoms with Crippen LogP contribution in [0.15, 0.2) is 12.2 Å². The van der Waals surface area contributed by atoms with Gasteiger partial charge >= 0.3 is 6.09 Å². The van der Waals surface area contributed by atoms with Crippen LogP contribution in [0.5, 0.6) is 0 Å². The van der Waals surface area contributed by atoms with E-state index in [2.05, 4.69) is 11.8 Å². The molecule has 0 radical (unpaired) electrons. The standard InChI is InChI=1S/C14H23N3O2/c1-12-11-17(13(18)19-14(2,3)4)10-9-16(12)8-6-5-7-15/h5-6,12H,8-11H2,1-4H3/b6-5-/t12-/m1/s1. The normalized spacial score (nSPS) is 21.4. The highest BCUT2D eigenvalue weighted by atomic mass is 16.6. The fourth-order valence-corrected chi connectivity index (χ4v) is 2.00. The van der Waals surface area contributed by atoms with Gasteiger partial charge in [-0.25, -0.2) is 4.79 Å². The monoisotopic (exact) mass is 265 g/mol. The van der Waals surface area contributed by atoms with Crippen LogP contribution < -0.4 is 0 Å². The van der Waals surface area contributed by atoms with Crippen molar-refractivity contribution in [3.8, 4) is 6.07 Å². The topological polar surface area (TPSA) is 56.6 Å². The fraction of sp³-hybridized carbons (Fsp3) is 0.714. The van der Waals surface area contributed by atoms with E-state index in [1.54, 1.807) is 4.90 Å². The van der Waals surface area contributed by atoms with Gasteiger partial charge in [0.1, 0.15) is 5.60 Å². The van der Waals surface area contributed by atoms with Crippen molar-refractivity contribution < 1.29 is 9.53 Å². The molecule has 106 valence electrons. The molecule has 0 N–H and O–H groups in total. The molecule has 0 aromatic heterocycles. The Morgan fingerprint density at radius 3 is 2.68 bits per heavy atom. The van der Waals surface area contributed by atoms with E-state index in [4.69, 9.17) is 10.00 Å². The van der Waals surface area contributed by atoms with Crippen molar-refractivity contribution in [3.63, 3.8) is 0 Å². The number of amides is 1. The fourth-order valence-electron chi connectivity index (χ4n) is 2.00. The van der Waals surface area contributed by atoms with E-state index in [0.717, 1.165) is 13.1 Å². The van der Waals surface area contributed by atoms with E-state index in [1.165, 1.54) is 6.08 Å². The lowest BCUT2D eigenvalue weighted by molar-refractivity contribution is 0.00743. The first kappa shape index (κ1) is 15.5. The van der Waals surface area contributed by atoms with E-state index < -0.39 is 5.60 Å². The molecule has 1 heterocycles. The van der Waals surface area contributed by atoms with Crippen LogP contribution in [0.3, 0.4) is 0 Å². The smallest absolute Gasteiger partial charge is 0.410 e. The summed E-state index contributed by atoms with van der Waals surface area (Å²) >= 11 is 0. The lowest BCUT2D eigenvalue weighted by Crippen LogP contribution is -2.54. The first-order valence-corrected chi connectivity index (χ1v) is 6.60. The molecule has 0 aromatic rings. The van der Waals surface area contributed by atoms with Crippen LogP contribution in [0.4, 0.5) is 4.79 Å². The zero-order chi connectivity index (χ0) is 14.5. The highest BCUT2D eigenvalue weighted by Crippen LogP contribution is 2.14. The first-order valence-electron chi connectivity index (χ1n) is 6.60. The highest BCUT2D eigenvalue weighted by Gasteiger charge is 2.29. The molecular formula is C14H23N3O2. The highest BCUT2D eigenvalue weighted by molar-refractivity contribution is 5.68. The van der Waals surface area contributed by atoms with Gasteiger partial charge in [-0.15, -0.1) is 0 Å². The molecule has 1 rings (SSSR count). The van der Waals surface area contributed by atoms with Crippen molar-refractivity contribution in [2.45, 2.75) is 39.3 Å². The summed E-state index contributed by atoms with van der Waals surface area (Å²) in [7, 11) is 0. The van der Waals surface area contributed by atoms with E-state index in [1.807, 2.05) is 32.9 Å². The number of carbonyl (C=O) groups is 1. The summed E-state index contributed by atoms with van der Waals surface area (Å²) < 4.78 is 5.37. The van der Waals surface area contributed by atoms with Gasteiger partial charge in [0.15, 0.2) is 0 Å². The molecule has 1 aliphatic heterocycles. The van der Waals surface area contributed by atoms with Gasteiger partial charge in [0.2, 0.25) is 0 Å². The minimum atomic E-state index is -0.451. The number of piperazine rings is 1. The van der Waals surface area contributed by atoms with Crippen molar-refractivity contribution in [3.05, 3.63) is 12.2 Å². The van der Waals surface area contributed by atoms with Gasteiger partial charge < -0.3 is 9.64 Å². The molecule has 0 spiro atoms. The second-order valence-electron chi connectivity index (χ2n) is 5.80. The Bertz CT molecular complexity index is 379. The number of nitrogens with zero attached hydrogens (tertiary/aromatic N) is 3. The summed E-state index contributed by atoms with van der Waals surface area (Å²) in [6.07, 6.45) is 3.10. The number of rotatable bonds is 2. The Hall–Kier alpha value is -1.54. The maximum Gasteiger partial charge on any atom is 0.410 e. The Kier molecular flexibility index (Phi) is 5.37. The van der Waals surface area contributed by atoms with Crippen molar-refractivity contribution >= 4 is 6.09 Å². The third-order valence-corrected chi connectivity index (χ3v) is 2.95. The lowest BCUT2D eigenvalue weighted by atomic mass is 10.2. The van der Waals surface area contributed by atoms with Crippen LogP contribution in [0.1, 0.15) is 27.7 Å². The number of carbonyl (C=O) groups excluding carboxylic acids is 1. The largest absolute Gasteiger partial charge is 0.444 e. The molecule has 0 bridgehead atoms. The summed E-state index contributed by atoms with van der Waals surface area (Å²) in [5, 5.41) is 8.46. The van der Waals surface area contributed by atoms with Crippen LogP contribution in [0.25, 0.3) is 0 Å². The third kappa shape index (κ3) is 5.31. The van der Waals surface area contributed by atoms with Crippen molar-refractivity contribution in [1.82, 2.24) is 9.80 Å². The summed E-state index contributed by atoms with van der Waals surface area (Å²) in [6, 6.07) is 2.25. The molecule has 5 nitrogen and oxygen atoms in total. The van der Waals surface area contributed by atoms with Gasteiger partial charge in [-0.05, 0) is 27.7 Å². The summed E-state index contributed by atoms with van der Waals surface area (Å²) in [6.45, 7) is 10.6. The molecule has 5 heteroatoms. The molecule has 1 amide bonds. The van der Waals surface area contributed by atoms with E-state index in [0.29, 0.717) is 13.1 Å². The predicted molar refractivity (Wildman–Crippen MR) is 73.6 cm³/mol. The first-order chi connectivity index (χ1) is 8.83. The van der Waals surface area contributed by atoms with Crippen molar-refractivity contribution in [2.24, 2.45) is 0 Å². The lowest BCUT2D eigenvalue weighted by Gasteiger charge is -2.39. The molecule has 0 aromatic carbocycles. The molecule has 1 aliphatic rings. The van der Waals surface area contributed by atoms with Gasteiger partial charge in [-0.1, -0.05) is 6.08 Å². The molecule has 0 unspecified atom stereocenters. The van der Waals surface area contributed by atoms with Crippen LogP contribution in [0.2, 0.25) is 0 Å². The van der Waals surface area contributed by atoms with Crippen LogP contribution >= 0.6 is 0 Å². The maximum absolute atomic E-state index is 12.0. The number of hydrogen-bond donors (Lipinski definition) is 0. The second kappa shape index (κ2) is 6.58. The zero-order valence-electron chi connectivity index (χ0n) is 12.2. The van der Waals surface area contributed by atoms with Crippen LogP contribution in [0, 0.1) is 11.3 Å². The Balaban J connectivity index is 2.47. The number of allylic oxidation sites excluding steroid dienone is 1. The average Bonchev–Trinajstić information content (AvgIpc) is 2.29. The van der Waals surface area contributed by atoms with Gasteiger partial charge in [-0.3, -0.25) is 4.90 Å². The van der Waals surface area contributed by atoms with E-state index >= 15 is 0 Å². The number of nitriles is 1. The number of ether oxygens (including phenoxy) is 1. The predicted octanol–water partition coefficient (Wildman–Crippen LogP) is 2.01. The molecule has 1 saturated heterocycles. The van der Waals surface area contributed by atoms with Crippen LogP contribution in [-0.2, 0) is 4.74 Å². The Morgan fingerprint density at radius 2 is 2.16 bits per heavy atom. The summed E-state index contributed by atoms with van der Waals surface area (Å²) in [5.74, 6) is 0. The molecule has 0 saturated carbocycles. The summed E-state index contributed by atoms with van der Waals surface area (Å²) in [4.78, 5) is 15.9. The number of hydrogen-bond acceptors (Lipinski definition) is 4. The molecule has 0 aliphatic carbocycles. The zero-order valence-corrected chi connectivity index (χ0v) is 12.2. The Morgan fingerprint density at radius 1 is 1.47 bits per heavy atom. The van der Waals surface area contributed by atoms with Crippen LogP contribution in [-0.4, -0.2) is 53.7 Å².